The van der Waals surface area contributed by atoms with Gasteiger partial charge in [-0.15, -0.1) is 0 Å². The van der Waals surface area contributed by atoms with Crippen LogP contribution in [0.5, 0.6) is 0 Å². The Hall–Kier alpha value is -2.13. The van der Waals surface area contributed by atoms with Crippen LogP contribution in [0.4, 0.5) is 9.18 Å². The lowest BCUT2D eigenvalue weighted by atomic mass is 9.85. The zero-order valence-electron chi connectivity index (χ0n) is 12.3. The first-order valence-corrected chi connectivity index (χ1v) is 7.47. The number of hydrogen-bond donors (Lipinski definition) is 3. The molecule has 2 atom stereocenters. The number of rotatable bonds is 4. The van der Waals surface area contributed by atoms with Crippen LogP contribution in [-0.2, 0) is 6.54 Å². The average molecular weight is 305 g/mol. The minimum Gasteiger partial charge on any atom is -0.396 e. The van der Waals surface area contributed by atoms with Gasteiger partial charge in [0.05, 0.1) is 11.6 Å². The predicted octanol–water partition coefficient (Wildman–Crippen LogP) is 2.05. The molecule has 1 aliphatic rings. The van der Waals surface area contributed by atoms with Crippen LogP contribution >= 0.6 is 0 Å². The molecule has 0 saturated heterocycles. The molecule has 1 aromatic rings. The van der Waals surface area contributed by atoms with Crippen molar-refractivity contribution in [3.05, 3.63) is 35.1 Å². The number of carbonyl (C=O) groups excluding carboxylic acids is 1. The molecule has 1 aliphatic carbocycles. The zero-order chi connectivity index (χ0) is 15.9. The van der Waals surface area contributed by atoms with Gasteiger partial charge in [-0.1, -0.05) is 18.9 Å². The van der Waals surface area contributed by atoms with Crippen molar-refractivity contribution in [2.75, 3.05) is 6.61 Å². The van der Waals surface area contributed by atoms with Crippen molar-refractivity contribution in [3.63, 3.8) is 0 Å². The summed E-state index contributed by atoms with van der Waals surface area (Å²) in [7, 11) is 0. The number of amides is 2. The number of urea groups is 1. The molecule has 1 aromatic carbocycles. The second-order valence-electron chi connectivity index (χ2n) is 5.58. The second kappa shape index (κ2) is 7.76. The summed E-state index contributed by atoms with van der Waals surface area (Å²) < 4.78 is 13.7. The third kappa shape index (κ3) is 4.18. The van der Waals surface area contributed by atoms with Crippen molar-refractivity contribution >= 4 is 6.03 Å². The Bertz CT molecular complexity index is 571. The molecule has 2 rings (SSSR count). The fourth-order valence-corrected chi connectivity index (χ4v) is 2.77. The van der Waals surface area contributed by atoms with Crippen LogP contribution in [0.15, 0.2) is 18.2 Å². The molecule has 0 radical (unpaired) electrons. The van der Waals surface area contributed by atoms with Gasteiger partial charge in [0, 0.05) is 30.7 Å². The van der Waals surface area contributed by atoms with Crippen molar-refractivity contribution in [2.24, 2.45) is 5.92 Å². The van der Waals surface area contributed by atoms with E-state index in [4.69, 9.17) is 5.26 Å². The Labute approximate surface area is 129 Å². The lowest BCUT2D eigenvalue weighted by Gasteiger charge is -2.30. The van der Waals surface area contributed by atoms with Gasteiger partial charge in [0.2, 0.25) is 0 Å². The van der Waals surface area contributed by atoms with E-state index in [9.17, 15) is 14.3 Å². The summed E-state index contributed by atoms with van der Waals surface area (Å²) in [6, 6.07) is 5.61. The Morgan fingerprint density at radius 3 is 2.86 bits per heavy atom. The van der Waals surface area contributed by atoms with Crippen LogP contribution in [0.25, 0.3) is 0 Å². The van der Waals surface area contributed by atoms with Gasteiger partial charge in [0.1, 0.15) is 5.82 Å². The number of nitriles is 1. The lowest BCUT2D eigenvalue weighted by Crippen LogP contribution is -2.47. The van der Waals surface area contributed by atoms with Crippen molar-refractivity contribution in [2.45, 2.75) is 38.3 Å². The van der Waals surface area contributed by atoms with Gasteiger partial charge >= 0.3 is 6.03 Å². The second-order valence-corrected chi connectivity index (χ2v) is 5.58. The molecule has 0 aromatic heterocycles. The topological polar surface area (TPSA) is 85.2 Å². The predicted molar refractivity (Wildman–Crippen MR) is 79.3 cm³/mol. The maximum Gasteiger partial charge on any atom is 0.315 e. The molecule has 5 nitrogen and oxygen atoms in total. The van der Waals surface area contributed by atoms with Crippen LogP contribution in [-0.4, -0.2) is 23.8 Å². The Morgan fingerprint density at radius 1 is 1.41 bits per heavy atom. The summed E-state index contributed by atoms with van der Waals surface area (Å²) in [4.78, 5) is 11.9. The molecule has 2 amide bonds. The molecule has 1 fully saturated rings. The van der Waals surface area contributed by atoms with E-state index in [0.717, 1.165) is 31.7 Å². The highest BCUT2D eigenvalue weighted by Gasteiger charge is 2.25. The van der Waals surface area contributed by atoms with Crippen molar-refractivity contribution < 1.29 is 14.3 Å². The number of benzene rings is 1. The minimum atomic E-state index is -0.509. The van der Waals surface area contributed by atoms with Gasteiger partial charge in [-0.25, -0.2) is 9.18 Å². The van der Waals surface area contributed by atoms with E-state index in [0.29, 0.717) is 5.56 Å². The number of halogens is 1. The monoisotopic (exact) mass is 305 g/mol. The van der Waals surface area contributed by atoms with Crippen LogP contribution in [0.1, 0.15) is 36.8 Å². The average Bonchev–Trinajstić information content (AvgIpc) is 2.54. The van der Waals surface area contributed by atoms with E-state index in [1.54, 1.807) is 0 Å². The highest BCUT2D eigenvalue weighted by molar-refractivity contribution is 5.74. The molecule has 0 heterocycles. The Morgan fingerprint density at radius 2 is 2.18 bits per heavy atom. The summed E-state index contributed by atoms with van der Waals surface area (Å²) in [5.41, 5.74) is 0.579. The summed E-state index contributed by atoms with van der Waals surface area (Å²) in [5, 5.41) is 23.5. The third-order valence-corrected chi connectivity index (χ3v) is 4.08. The molecule has 2 unspecified atom stereocenters. The van der Waals surface area contributed by atoms with E-state index >= 15 is 0 Å². The smallest absolute Gasteiger partial charge is 0.315 e. The van der Waals surface area contributed by atoms with E-state index in [2.05, 4.69) is 10.6 Å². The molecular formula is C16H20FN3O2. The number of aliphatic hydroxyl groups excluding tert-OH is 1. The molecule has 6 heteroatoms. The first kappa shape index (κ1) is 16.2. The van der Waals surface area contributed by atoms with Gasteiger partial charge < -0.3 is 15.7 Å². The molecule has 3 N–H and O–H groups in total. The fraction of sp³-hybridized carbons (Fsp3) is 0.500. The molecule has 1 saturated carbocycles. The molecular weight excluding hydrogens is 285 g/mol. The fourth-order valence-electron chi connectivity index (χ4n) is 2.77. The summed E-state index contributed by atoms with van der Waals surface area (Å²) >= 11 is 0. The Balaban J connectivity index is 1.86. The number of nitrogens with one attached hydrogen (secondary N) is 2. The van der Waals surface area contributed by atoms with Gasteiger partial charge in [0.25, 0.3) is 0 Å². The van der Waals surface area contributed by atoms with Crippen LogP contribution in [0.2, 0.25) is 0 Å². The molecule has 0 spiro atoms. The Kier molecular flexibility index (Phi) is 5.73. The van der Waals surface area contributed by atoms with Crippen molar-refractivity contribution in [1.82, 2.24) is 10.6 Å². The van der Waals surface area contributed by atoms with E-state index in [1.807, 2.05) is 6.07 Å². The number of nitrogens with zero attached hydrogens (tertiary/aromatic N) is 1. The maximum atomic E-state index is 13.7. The van der Waals surface area contributed by atoms with E-state index in [1.165, 1.54) is 12.1 Å². The van der Waals surface area contributed by atoms with Gasteiger partial charge in [-0.2, -0.15) is 5.26 Å². The number of aliphatic hydroxyl groups is 1. The maximum absolute atomic E-state index is 13.7. The van der Waals surface area contributed by atoms with Crippen LogP contribution in [0.3, 0.4) is 0 Å². The lowest BCUT2D eigenvalue weighted by molar-refractivity contribution is 0.153. The minimum absolute atomic E-state index is 0.0374. The van der Waals surface area contributed by atoms with Crippen molar-refractivity contribution in [3.8, 4) is 6.07 Å². The van der Waals surface area contributed by atoms with Crippen molar-refractivity contribution in [1.29, 1.82) is 5.26 Å². The van der Waals surface area contributed by atoms with E-state index < -0.39 is 5.82 Å². The SMILES string of the molecule is N#Cc1ccc(CNC(=O)NC2CCCCC2CO)c(F)c1. The highest BCUT2D eigenvalue weighted by Crippen LogP contribution is 2.23. The molecule has 0 bridgehead atoms. The highest BCUT2D eigenvalue weighted by atomic mass is 19.1. The molecule has 118 valence electrons. The summed E-state index contributed by atoms with van der Waals surface area (Å²) in [6.45, 7) is 0.120. The summed E-state index contributed by atoms with van der Waals surface area (Å²) in [6.07, 6.45) is 3.86. The number of hydrogen-bond acceptors (Lipinski definition) is 3. The first-order valence-electron chi connectivity index (χ1n) is 7.47. The normalized spacial score (nSPS) is 21.0. The third-order valence-electron chi connectivity index (χ3n) is 4.08. The quantitative estimate of drug-likeness (QED) is 0.796. The largest absolute Gasteiger partial charge is 0.396 e. The first-order chi connectivity index (χ1) is 10.6. The van der Waals surface area contributed by atoms with Gasteiger partial charge in [0.15, 0.2) is 0 Å². The van der Waals surface area contributed by atoms with Gasteiger partial charge in [-0.3, -0.25) is 0 Å². The van der Waals surface area contributed by atoms with Crippen LogP contribution in [0, 0.1) is 23.1 Å². The standard InChI is InChI=1S/C16H20FN3O2/c17-14-7-11(8-18)5-6-12(14)9-19-16(22)20-15-4-2-1-3-13(15)10-21/h5-7,13,15,21H,1-4,9-10H2,(H2,19,20,22). The van der Waals surface area contributed by atoms with E-state index in [-0.39, 0.29) is 36.7 Å². The molecule has 22 heavy (non-hydrogen) atoms. The molecule has 0 aliphatic heterocycles. The summed E-state index contributed by atoms with van der Waals surface area (Å²) in [5.74, 6) is -0.420. The van der Waals surface area contributed by atoms with Gasteiger partial charge in [-0.05, 0) is 25.0 Å². The van der Waals surface area contributed by atoms with Crippen LogP contribution < -0.4 is 10.6 Å². The zero-order valence-corrected chi connectivity index (χ0v) is 12.3. The number of carbonyl (C=O) groups is 1.